The van der Waals surface area contributed by atoms with Crippen molar-refractivity contribution >= 4 is 27.8 Å². The predicted octanol–water partition coefficient (Wildman–Crippen LogP) is 3.61. The molecule has 3 aromatic rings. The maximum absolute atomic E-state index is 10.9. The summed E-state index contributed by atoms with van der Waals surface area (Å²) in [5, 5.41) is 4.45. The van der Waals surface area contributed by atoms with Gasteiger partial charge in [-0.15, -0.1) is 0 Å². The molecule has 16 heavy (non-hydrogen) atoms. The standard InChI is InChI=1S/C15H9O/c16-10-12-5-3-7-15-13-6-2-1-4-11(13)8-9-14(12)15/h1-4,6-10H. The Hall–Kier alpha value is -2.15. The summed E-state index contributed by atoms with van der Waals surface area (Å²) in [4.78, 5) is 10.9. The average Bonchev–Trinajstić information content (AvgIpc) is 2.37. The van der Waals surface area contributed by atoms with Crippen LogP contribution in [-0.2, 0) is 0 Å². The molecule has 0 saturated heterocycles. The van der Waals surface area contributed by atoms with Gasteiger partial charge in [-0.2, -0.15) is 0 Å². The van der Waals surface area contributed by atoms with E-state index in [1.54, 1.807) is 6.07 Å². The van der Waals surface area contributed by atoms with Crippen molar-refractivity contribution in [1.29, 1.82) is 0 Å². The van der Waals surface area contributed by atoms with E-state index in [1.165, 1.54) is 10.8 Å². The number of carbonyl (C=O) groups is 1. The number of carbonyl (C=O) groups excluding carboxylic acids is 1. The molecule has 0 aromatic heterocycles. The zero-order valence-electron chi connectivity index (χ0n) is 8.60. The molecule has 0 bridgehead atoms. The molecule has 0 fully saturated rings. The van der Waals surface area contributed by atoms with Crippen molar-refractivity contribution in [1.82, 2.24) is 0 Å². The molecule has 0 unspecified atom stereocenters. The van der Waals surface area contributed by atoms with Gasteiger partial charge in [0.1, 0.15) is 0 Å². The molecule has 0 saturated carbocycles. The molecule has 0 N–H and O–H groups in total. The quantitative estimate of drug-likeness (QED) is 0.438. The van der Waals surface area contributed by atoms with Crippen LogP contribution in [0.5, 0.6) is 0 Å². The fourth-order valence-electron chi connectivity index (χ4n) is 2.10. The Bertz CT molecular complexity index is 683. The maximum atomic E-state index is 10.9. The number of fused-ring (bicyclic) bond motifs is 3. The van der Waals surface area contributed by atoms with E-state index >= 15 is 0 Å². The number of aldehydes is 1. The van der Waals surface area contributed by atoms with E-state index in [-0.39, 0.29) is 0 Å². The van der Waals surface area contributed by atoms with Crippen molar-refractivity contribution in [3.8, 4) is 0 Å². The highest BCUT2D eigenvalue weighted by Gasteiger charge is 2.03. The molecule has 1 heteroatoms. The summed E-state index contributed by atoms with van der Waals surface area (Å²) >= 11 is 0. The third kappa shape index (κ3) is 1.22. The number of hydrogen-bond donors (Lipinski definition) is 0. The first-order valence-electron chi connectivity index (χ1n) is 5.17. The Balaban J connectivity index is 2.57. The smallest absolute Gasteiger partial charge is 0.151 e. The first kappa shape index (κ1) is 9.10. The summed E-state index contributed by atoms with van der Waals surface area (Å²) in [5.74, 6) is 0. The second kappa shape index (κ2) is 3.46. The van der Waals surface area contributed by atoms with E-state index in [4.69, 9.17) is 0 Å². The van der Waals surface area contributed by atoms with Crippen LogP contribution in [-0.4, -0.2) is 6.29 Å². The van der Waals surface area contributed by atoms with Crippen LogP contribution in [0.25, 0.3) is 21.5 Å². The van der Waals surface area contributed by atoms with Gasteiger partial charge in [0.05, 0.1) is 0 Å². The van der Waals surface area contributed by atoms with Crippen LogP contribution in [0.3, 0.4) is 0 Å². The molecule has 0 spiro atoms. The van der Waals surface area contributed by atoms with Crippen molar-refractivity contribution in [3.63, 3.8) is 0 Å². The Kier molecular flexibility index (Phi) is 1.97. The lowest BCUT2D eigenvalue weighted by molar-refractivity contribution is 0.112. The normalized spacial score (nSPS) is 10.8. The van der Waals surface area contributed by atoms with Gasteiger partial charge in [0.25, 0.3) is 0 Å². The van der Waals surface area contributed by atoms with Gasteiger partial charge < -0.3 is 0 Å². The summed E-state index contributed by atoms with van der Waals surface area (Å²) in [7, 11) is 0. The van der Waals surface area contributed by atoms with Gasteiger partial charge in [0.15, 0.2) is 6.29 Å². The van der Waals surface area contributed by atoms with E-state index in [1.807, 2.05) is 30.3 Å². The molecule has 0 atom stereocenters. The van der Waals surface area contributed by atoms with E-state index < -0.39 is 0 Å². The fraction of sp³-hybridized carbons (Fsp3) is 0. The highest BCUT2D eigenvalue weighted by molar-refractivity contribution is 6.11. The molecule has 1 nitrogen and oxygen atoms in total. The summed E-state index contributed by atoms with van der Waals surface area (Å²) in [5.41, 5.74) is 0.628. The molecule has 0 aliphatic carbocycles. The van der Waals surface area contributed by atoms with Crippen molar-refractivity contribution < 1.29 is 4.79 Å². The molecular weight excluding hydrogens is 196 g/mol. The summed E-state index contributed by atoms with van der Waals surface area (Å²) in [6.07, 6.45) is 0.858. The first-order valence-corrected chi connectivity index (χ1v) is 5.17. The maximum Gasteiger partial charge on any atom is 0.151 e. The highest BCUT2D eigenvalue weighted by Crippen LogP contribution is 2.26. The fourth-order valence-corrected chi connectivity index (χ4v) is 2.10. The third-order valence-corrected chi connectivity index (χ3v) is 2.87. The van der Waals surface area contributed by atoms with Crippen LogP contribution in [0.1, 0.15) is 10.4 Å². The van der Waals surface area contributed by atoms with Gasteiger partial charge in [0.2, 0.25) is 0 Å². The Morgan fingerprint density at radius 2 is 1.75 bits per heavy atom. The Morgan fingerprint density at radius 3 is 2.62 bits per heavy atom. The van der Waals surface area contributed by atoms with E-state index in [0.717, 1.165) is 17.1 Å². The summed E-state index contributed by atoms with van der Waals surface area (Å²) in [6, 6.07) is 19.0. The molecule has 0 amide bonds. The van der Waals surface area contributed by atoms with Gasteiger partial charge in [-0.05, 0) is 27.6 Å². The van der Waals surface area contributed by atoms with Crippen molar-refractivity contribution in [2.24, 2.45) is 0 Å². The molecule has 0 aliphatic heterocycles. The van der Waals surface area contributed by atoms with E-state index in [9.17, 15) is 4.79 Å². The van der Waals surface area contributed by atoms with Crippen LogP contribution in [0.15, 0.2) is 48.5 Å². The minimum Gasteiger partial charge on any atom is -0.298 e. The predicted molar refractivity (Wildman–Crippen MR) is 65.7 cm³/mol. The SMILES string of the molecule is O=Cc1[c]ccc2c1ccc1ccccc12. The van der Waals surface area contributed by atoms with Crippen LogP contribution < -0.4 is 0 Å². The molecule has 3 rings (SSSR count). The number of rotatable bonds is 1. The van der Waals surface area contributed by atoms with Crippen LogP contribution in [0, 0.1) is 6.07 Å². The molecule has 0 aliphatic rings. The van der Waals surface area contributed by atoms with E-state index in [0.29, 0.717) is 5.56 Å². The molecule has 3 aromatic carbocycles. The van der Waals surface area contributed by atoms with E-state index in [2.05, 4.69) is 18.2 Å². The third-order valence-electron chi connectivity index (χ3n) is 2.87. The monoisotopic (exact) mass is 205 g/mol. The second-order valence-electron chi connectivity index (χ2n) is 3.76. The lowest BCUT2D eigenvalue weighted by atomic mass is 9.99. The Morgan fingerprint density at radius 1 is 0.875 bits per heavy atom. The molecular formula is C15H9O. The second-order valence-corrected chi connectivity index (χ2v) is 3.76. The largest absolute Gasteiger partial charge is 0.298 e. The van der Waals surface area contributed by atoms with Crippen molar-refractivity contribution in [2.45, 2.75) is 0 Å². The number of hydrogen-bond acceptors (Lipinski definition) is 1. The first-order chi connectivity index (χ1) is 7.90. The lowest BCUT2D eigenvalue weighted by Gasteiger charge is -2.04. The minimum absolute atomic E-state index is 0.628. The lowest BCUT2D eigenvalue weighted by Crippen LogP contribution is -1.84. The van der Waals surface area contributed by atoms with Gasteiger partial charge in [0, 0.05) is 5.56 Å². The van der Waals surface area contributed by atoms with Crippen LogP contribution in [0.4, 0.5) is 0 Å². The highest BCUT2D eigenvalue weighted by atomic mass is 16.1. The summed E-state index contributed by atoms with van der Waals surface area (Å²) in [6.45, 7) is 0. The van der Waals surface area contributed by atoms with Gasteiger partial charge in [-0.25, -0.2) is 0 Å². The van der Waals surface area contributed by atoms with Gasteiger partial charge in [-0.3, -0.25) is 4.79 Å². The minimum atomic E-state index is 0.628. The van der Waals surface area contributed by atoms with Crippen molar-refractivity contribution in [3.05, 3.63) is 60.2 Å². The average molecular weight is 205 g/mol. The van der Waals surface area contributed by atoms with Crippen LogP contribution >= 0.6 is 0 Å². The Labute approximate surface area is 93.3 Å². The summed E-state index contributed by atoms with van der Waals surface area (Å²) < 4.78 is 0. The molecule has 1 radical (unpaired) electrons. The zero-order chi connectivity index (χ0) is 11.0. The van der Waals surface area contributed by atoms with Gasteiger partial charge >= 0.3 is 0 Å². The zero-order valence-corrected chi connectivity index (χ0v) is 8.60. The topological polar surface area (TPSA) is 17.1 Å². The molecule has 75 valence electrons. The number of benzene rings is 3. The van der Waals surface area contributed by atoms with Crippen molar-refractivity contribution in [2.75, 3.05) is 0 Å². The van der Waals surface area contributed by atoms with Crippen LogP contribution in [0.2, 0.25) is 0 Å². The molecule has 0 heterocycles. The van der Waals surface area contributed by atoms with Gasteiger partial charge in [-0.1, -0.05) is 48.5 Å².